The molecule has 0 saturated carbocycles. The van der Waals surface area contributed by atoms with E-state index >= 15 is 0 Å². The number of aromatic nitrogens is 1. The van der Waals surface area contributed by atoms with Gasteiger partial charge >= 0.3 is 5.97 Å². The number of esters is 1. The summed E-state index contributed by atoms with van der Waals surface area (Å²) in [6.45, 7) is 0. The average molecular weight is 435 g/mol. The maximum atomic E-state index is 12.6. The second-order valence-corrected chi connectivity index (χ2v) is 6.30. The molecular formula is C23H21N3O6. The van der Waals surface area contributed by atoms with Crippen molar-refractivity contribution in [3.8, 4) is 23.0 Å². The summed E-state index contributed by atoms with van der Waals surface area (Å²) in [5.74, 6) is 0.510. The normalized spacial score (nSPS) is 10.5. The molecule has 0 bridgehead atoms. The molecule has 0 aliphatic carbocycles. The number of pyridine rings is 1. The van der Waals surface area contributed by atoms with Crippen LogP contribution in [0.15, 0.2) is 66.0 Å². The number of carbonyl (C=O) groups is 2. The Morgan fingerprint density at radius 2 is 1.47 bits per heavy atom. The predicted molar refractivity (Wildman–Crippen MR) is 117 cm³/mol. The topological polar surface area (TPSA) is 108 Å². The van der Waals surface area contributed by atoms with E-state index in [9.17, 15) is 9.59 Å². The summed E-state index contributed by atoms with van der Waals surface area (Å²) in [6.07, 6.45) is 4.48. The Labute approximate surface area is 184 Å². The number of amides is 1. The second kappa shape index (κ2) is 10.6. The number of carbonyl (C=O) groups excluding carboxylic acids is 2. The van der Waals surface area contributed by atoms with Gasteiger partial charge in [-0.1, -0.05) is 0 Å². The Kier molecular flexibility index (Phi) is 7.37. The monoisotopic (exact) mass is 435 g/mol. The summed E-state index contributed by atoms with van der Waals surface area (Å²) < 4.78 is 21.2. The lowest BCUT2D eigenvalue weighted by Crippen LogP contribution is -2.17. The highest BCUT2D eigenvalue weighted by molar-refractivity contribution is 5.95. The van der Waals surface area contributed by atoms with Crippen LogP contribution in [-0.2, 0) is 0 Å². The van der Waals surface area contributed by atoms with Crippen molar-refractivity contribution in [1.82, 2.24) is 10.4 Å². The molecule has 0 atom stereocenters. The Bertz CT molecular complexity index is 1130. The molecule has 0 fully saturated rings. The van der Waals surface area contributed by atoms with Crippen molar-refractivity contribution in [2.45, 2.75) is 0 Å². The molecule has 0 unspecified atom stereocenters. The van der Waals surface area contributed by atoms with E-state index in [1.807, 2.05) is 0 Å². The van der Waals surface area contributed by atoms with Crippen molar-refractivity contribution >= 4 is 18.1 Å². The highest BCUT2D eigenvalue weighted by atomic mass is 16.6. The third-order valence-electron chi connectivity index (χ3n) is 4.33. The van der Waals surface area contributed by atoms with Crippen molar-refractivity contribution in [1.29, 1.82) is 0 Å². The lowest BCUT2D eigenvalue weighted by atomic mass is 10.2. The molecule has 9 heteroatoms. The van der Waals surface area contributed by atoms with Crippen LogP contribution in [0, 0.1) is 0 Å². The van der Waals surface area contributed by atoms with Crippen LogP contribution >= 0.6 is 0 Å². The summed E-state index contributed by atoms with van der Waals surface area (Å²) >= 11 is 0. The first-order chi connectivity index (χ1) is 15.5. The predicted octanol–water partition coefficient (Wildman–Crippen LogP) is 3.09. The summed E-state index contributed by atoms with van der Waals surface area (Å²) in [4.78, 5) is 28.4. The number of methoxy groups -OCH3 is 3. The van der Waals surface area contributed by atoms with E-state index in [1.54, 1.807) is 42.5 Å². The van der Waals surface area contributed by atoms with Gasteiger partial charge in [0.1, 0.15) is 0 Å². The third-order valence-corrected chi connectivity index (χ3v) is 4.33. The minimum absolute atomic E-state index is 0.227. The van der Waals surface area contributed by atoms with Crippen LogP contribution in [0.4, 0.5) is 0 Å². The number of rotatable bonds is 8. The van der Waals surface area contributed by atoms with E-state index in [-0.39, 0.29) is 17.2 Å². The van der Waals surface area contributed by atoms with E-state index < -0.39 is 5.97 Å². The highest BCUT2D eigenvalue weighted by Gasteiger charge is 2.15. The first-order valence-electron chi connectivity index (χ1n) is 9.41. The highest BCUT2D eigenvalue weighted by Crippen LogP contribution is 2.31. The van der Waals surface area contributed by atoms with Crippen LogP contribution in [0.2, 0.25) is 0 Å². The molecule has 1 amide bonds. The Morgan fingerprint density at radius 3 is 2.16 bits per heavy atom. The minimum Gasteiger partial charge on any atom is -0.493 e. The van der Waals surface area contributed by atoms with Crippen LogP contribution in [-0.4, -0.2) is 44.4 Å². The lowest BCUT2D eigenvalue weighted by Gasteiger charge is -2.11. The van der Waals surface area contributed by atoms with Gasteiger partial charge in [0.05, 0.1) is 33.1 Å². The van der Waals surface area contributed by atoms with Gasteiger partial charge in [-0.05, 0) is 54.1 Å². The first kappa shape index (κ1) is 22.3. The molecular weight excluding hydrogens is 414 g/mol. The van der Waals surface area contributed by atoms with Gasteiger partial charge in [-0.2, -0.15) is 5.10 Å². The van der Waals surface area contributed by atoms with Gasteiger partial charge in [0.25, 0.3) is 5.91 Å². The number of nitrogens with zero attached hydrogens (tertiary/aromatic N) is 2. The van der Waals surface area contributed by atoms with Gasteiger partial charge in [0.15, 0.2) is 23.0 Å². The molecule has 9 nitrogen and oxygen atoms in total. The fourth-order valence-electron chi connectivity index (χ4n) is 2.70. The number of hydrogen-bond acceptors (Lipinski definition) is 8. The largest absolute Gasteiger partial charge is 0.493 e. The van der Waals surface area contributed by atoms with Crippen molar-refractivity contribution in [3.05, 3.63) is 77.6 Å². The van der Waals surface area contributed by atoms with E-state index in [4.69, 9.17) is 18.9 Å². The molecule has 2 aromatic carbocycles. The van der Waals surface area contributed by atoms with E-state index in [2.05, 4.69) is 15.5 Å². The molecule has 0 saturated heterocycles. The quantitative estimate of drug-likeness (QED) is 0.251. The maximum Gasteiger partial charge on any atom is 0.343 e. The fraction of sp³-hybridized carbons (Fsp3) is 0.130. The van der Waals surface area contributed by atoms with E-state index in [0.29, 0.717) is 28.4 Å². The maximum absolute atomic E-state index is 12.6. The Balaban J connectivity index is 1.70. The summed E-state index contributed by atoms with van der Waals surface area (Å²) in [5.41, 5.74) is 3.78. The number of nitrogens with one attached hydrogen (secondary N) is 1. The van der Waals surface area contributed by atoms with Crippen LogP contribution < -0.4 is 24.4 Å². The van der Waals surface area contributed by atoms with Gasteiger partial charge in [-0.15, -0.1) is 0 Å². The molecule has 32 heavy (non-hydrogen) atoms. The smallest absolute Gasteiger partial charge is 0.343 e. The van der Waals surface area contributed by atoms with E-state index in [1.165, 1.54) is 46.0 Å². The number of benzene rings is 2. The molecule has 1 N–H and O–H groups in total. The molecule has 0 aliphatic rings. The number of ether oxygens (including phenoxy) is 4. The molecule has 0 radical (unpaired) electrons. The first-order valence-corrected chi connectivity index (χ1v) is 9.41. The zero-order valence-corrected chi connectivity index (χ0v) is 17.7. The van der Waals surface area contributed by atoms with Crippen LogP contribution in [0.3, 0.4) is 0 Å². The van der Waals surface area contributed by atoms with Gasteiger partial charge in [-0.3, -0.25) is 9.78 Å². The van der Waals surface area contributed by atoms with Crippen molar-refractivity contribution in [2.75, 3.05) is 21.3 Å². The fourth-order valence-corrected chi connectivity index (χ4v) is 2.70. The number of hydrazone groups is 1. The van der Waals surface area contributed by atoms with Crippen LogP contribution in [0.25, 0.3) is 0 Å². The van der Waals surface area contributed by atoms with Gasteiger partial charge < -0.3 is 18.9 Å². The van der Waals surface area contributed by atoms with E-state index in [0.717, 1.165) is 0 Å². The summed E-state index contributed by atoms with van der Waals surface area (Å²) in [7, 11) is 4.45. The SMILES string of the molecule is COc1ccc(C(=O)Oc2ccc(/C=N/NC(=O)c3ccncc3)cc2OC)cc1OC. The molecule has 1 heterocycles. The molecule has 0 aliphatic heterocycles. The zero-order valence-electron chi connectivity index (χ0n) is 17.7. The Morgan fingerprint density at radius 1 is 0.812 bits per heavy atom. The Hall–Kier alpha value is -4.40. The van der Waals surface area contributed by atoms with Gasteiger partial charge in [0, 0.05) is 18.0 Å². The second-order valence-electron chi connectivity index (χ2n) is 6.30. The minimum atomic E-state index is -0.588. The van der Waals surface area contributed by atoms with Gasteiger partial charge in [0.2, 0.25) is 0 Å². The zero-order chi connectivity index (χ0) is 22.9. The lowest BCUT2D eigenvalue weighted by molar-refractivity contribution is 0.0729. The molecule has 3 aromatic rings. The van der Waals surface area contributed by atoms with Gasteiger partial charge in [-0.25, -0.2) is 10.2 Å². The standard InChI is InChI=1S/C23H21N3O6/c1-29-18-7-5-17(13-21(18)31-3)23(28)32-19-6-4-15(12-20(19)30-2)14-25-26-22(27)16-8-10-24-11-9-16/h4-14H,1-3H3,(H,26,27)/b25-14+. The van der Waals surface area contributed by atoms with Crippen LogP contribution in [0.1, 0.15) is 26.3 Å². The summed E-state index contributed by atoms with van der Waals surface area (Å²) in [5, 5.41) is 3.93. The van der Waals surface area contributed by atoms with Crippen molar-refractivity contribution in [2.24, 2.45) is 5.10 Å². The molecule has 0 spiro atoms. The molecule has 3 rings (SSSR count). The van der Waals surface area contributed by atoms with Crippen molar-refractivity contribution < 1.29 is 28.5 Å². The average Bonchev–Trinajstić information content (AvgIpc) is 2.84. The molecule has 164 valence electrons. The van der Waals surface area contributed by atoms with Crippen molar-refractivity contribution in [3.63, 3.8) is 0 Å². The number of hydrogen-bond donors (Lipinski definition) is 1. The molecule has 1 aromatic heterocycles. The summed E-state index contributed by atoms with van der Waals surface area (Å²) in [6, 6.07) is 12.7. The van der Waals surface area contributed by atoms with Crippen LogP contribution in [0.5, 0.6) is 23.0 Å². The third kappa shape index (κ3) is 5.39.